The Balaban J connectivity index is 0.928. The molecule has 0 spiro atoms. The van der Waals surface area contributed by atoms with E-state index in [9.17, 15) is 19.8 Å². The first-order chi connectivity index (χ1) is 25.9. The molecule has 6 rings (SSSR count). The number of aromatic amines is 1. The first-order valence-corrected chi connectivity index (χ1v) is 18.6. The molecule has 0 unspecified atom stereocenters. The number of anilines is 1. The number of aromatic hydroxyl groups is 1. The second-order valence-electron chi connectivity index (χ2n) is 13.7. The molecule has 4 aromatic carbocycles. The van der Waals surface area contributed by atoms with Crippen molar-refractivity contribution in [2.24, 2.45) is 0 Å². The summed E-state index contributed by atoms with van der Waals surface area (Å²) >= 11 is 0. The molecule has 1 heterocycles. The highest BCUT2D eigenvalue weighted by molar-refractivity contribution is 5.92. The predicted molar refractivity (Wildman–Crippen MR) is 210 cm³/mol. The number of hydrogen-bond acceptors (Lipinski definition) is 8. The third kappa shape index (κ3) is 10.5. The van der Waals surface area contributed by atoms with Gasteiger partial charge in [0.15, 0.2) is 0 Å². The summed E-state index contributed by atoms with van der Waals surface area (Å²) in [6.07, 6.45) is 5.97. The fourth-order valence-corrected chi connectivity index (χ4v) is 6.98. The number of hydrogen-bond donors (Lipinski definition) is 6. The van der Waals surface area contributed by atoms with Crippen LogP contribution >= 0.6 is 0 Å². The number of carbonyl (C=O) groups is 1. The van der Waals surface area contributed by atoms with E-state index in [4.69, 9.17) is 9.47 Å². The van der Waals surface area contributed by atoms with Gasteiger partial charge in [0.2, 0.25) is 5.56 Å². The fourth-order valence-electron chi connectivity index (χ4n) is 6.98. The predicted octanol–water partition coefficient (Wildman–Crippen LogP) is 7.25. The summed E-state index contributed by atoms with van der Waals surface area (Å²) in [5.74, 6) is 0.797. The van der Waals surface area contributed by atoms with E-state index in [0.29, 0.717) is 42.2 Å². The van der Waals surface area contributed by atoms with Crippen molar-refractivity contribution in [3.8, 4) is 22.6 Å². The topological polar surface area (TPSA) is 145 Å². The van der Waals surface area contributed by atoms with Gasteiger partial charge in [0.05, 0.1) is 23.9 Å². The highest BCUT2D eigenvalue weighted by atomic mass is 16.6. The number of amides is 1. The zero-order valence-electron chi connectivity index (χ0n) is 30.3. The number of aromatic nitrogens is 1. The van der Waals surface area contributed by atoms with Gasteiger partial charge in [0, 0.05) is 29.6 Å². The van der Waals surface area contributed by atoms with Crippen LogP contribution < -0.4 is 26.2 Å². The average molecular weight is 719 g/mol. The van der Waals surface area contributed by atoms with Gasteiger partial charge in [0.25, 0.3) is 0 Å². The average Bonchev–Trinajstić information content (AvgIpc) is 3.18. The summed E-state index contributed by atoms with van der Waals surface area (Å²) in [6.45, 7) is 1.61. The van der Waals surface area contributed by atoms with Crippen molar-refractivity contribution in [3.63, 3.8) is 0 Å². The molecular formula is C43H50N4O6. The highest BCUT2D eigenvalue weighted by Crippen LogP contribution is 2.31. The second-order valence-corrected chi connectivity index (χ2v) is 13.7. The van der Waals surface area contributed by atoms with Crippen LogP contribution in [-0.4, -0.2) is 60.2 Å². The monoisotopic (exact) mass is 718 g/mol. The zero-order chi connectivity index (χ0) is 37.0. The molecule has 10 heteroatoms. The number of aliphatic hydroxyl groups is 1. The number of phenols is 1. The molecule has 1 fully saturated rings. The Morgan fingerprint density at radius 1 is 0.887 bits per heavy atom. The van der Waals surface area contributed by atoms with Crippen molar-refractivity contribution in [2.45, 2.75) is 69.6 Å². The Bertz CT molecular complexity index is 1990. The molecule has 0 radical (unpaired) electrons. The minimum Gasteiger partial charge on any atom is -0.506 e. The van der Waals surface area contributed by atoms with Crippen LogP contribution in [0.15, 0.2) is 102 Å². The highest BCUT2D eigenvalue weighted by Gasteiger charge is 2.23. The lowest BCUT2D eigenvalue weighted by atomic mass is 9.93. The SMILES string of the molecule is CN[C@H]1CC[C@H](OC(=O)Nc2cc(CCCCOc3ccc(CCNC[C@H](O)c4ccc(O)c5[nH]c(=O)ccc45)cc3)ccc2-c2ccccc2)CC1. The van der Waals surface area contributed by atoms with Gasteiger partial charge in [-0.25, -0.2) is 4.79 Å². The van der Waals surface area contributed by atoms with Crippen molar-refractivity contribution in [2.75, 3.05) is 32.1 Å². The maximum atomic E-state index is 13.0. The van der Waals surface area contributed by atoms with E-state index >= 15 is 0 Å². The molecule has 1 aliphatic carbocycles. The largest absolute Gasteiger partial charge is 0.506 e. The lowest BCUT2D eigenvalue weighted by Crippen LogP contribution is -2.34. The maximum Gasteiger partial charge on any atom is 0.411 e. The first-order valence-electron chi connectivity index (χ1n) is 18.6. The van der Waals surface area contributed by atoms with Gasteiger partial charge < -0.3 is 35.3 Å². The molecular weight excluding hydrogens is 668 g/mol. The summed E-state index contributed by atoms with van der Waals surface area (Å²) in [6, 6.07) is 31.1. The number of ether oxygens (including phenoxy) is 2. The van der Waals surface area contributed by atoms with E-state index in [0.717, 1.165) is 85.1 Å². The van der Waals surface area contributed by atoms with E-state index in [1.807, 2.05) is 49.5 Å². The number of nitrogens with one attached hydrogen (secondary N) is 4. The number of aliphatic hydroxyl groups excluding tert-OH is 1. The van der Waals surface area contributed by atoms with Crippen molar-refractivity contribution in [3.05, 3.63) is 124 Å². The van der Waals surface area contributed by atoms with Crippen molar-refractivity contribution in [1.29, 1.82) is 0 Å². The quantitative estimate of drug-likeness (QED) is 0.0586. The Morgan fingerprint density at radius 2 is 1.66 bits per heavy atom. The maximum absolute atomic E-state index is 13.0. The van der Waals surface area contributed by atoms with Crippen molar-refractivity contribution in [1.82, 2.24) is 15.6 Å². The van der Waals surface area contributed by atoms with Crippen molar-refractivity contribution >= 4 is 22.7 Å². The lowest BCUT2D eigenvalue weighted by molar-refractivity contribution is 0.0800. The number of benzene rings is 4. The van der Waals surface area contributed by atoms with Gasteiger partial charge in [-0.05, 0) is 118 Å². The fraction of sp³-hybridized carbons (Fsp3) is 0.349. The molecule has 1 amide bonds. The summed E-state index contributed by atoms with van der Waals surface area (Å²) in [5, 5.41) is 31.2. The number of carbonyl (C=O) groups excluding carboxylic acids is 1. The molecule has 0 saturated heterocycles. The van der Waals surface area contributed by atoms with Crippen LogP contribution in [0.3, 0.4) is 0 Å². The summed E-state index contributed by atoms with van der Waals surface area (Å²) < 4.78 is 11.9. The standard InChI is InChI=1S/C43H50N4O6/c1-44-32-13-17-34(18-14-32)53-43(51)46-38-27-30(12-19-35(38)31-8-3-2-4-9-31)7-5-6-26-52-33-15-10-29(11-16-33)24-25-45-28-40(49)36-20-22-39(48)42-37(36)21-23-41(50)47-42/h2-4,8-12,15-16,19-23,27,32,34,40,44-45,48-49H,5-7,13-14,17-18,24-26,28H2,1H3,(H,46,51)(H,47,50)/t32-,34-,40-/m0/s1. The van der Waals surface area contributed by atoms with Crippen LogP contribution in [0, 0.1) is 0 Å². The van der Waals surface area contributed by atoms with Gasteiger partial charge >= 0.3 is 6.09 Å². The number of fused-ring (bicyclic) bond motifs is 1. The second kappa shape index (κ2) is 18.6. The number of rotatable bonds is 16. The summed E-state index contributed by atoms with van der Waals surface area (Å²) in [7, 11) is 1.98. The minimum atomic E-state index is -0.797. The van der Waals surface area contributed by atoms with E-state index in [1.165, 1.54) is 12.1 Å². The normalized spacial score (nSPS) is 16.3. The van der Waals surface area contributed by atoms with Crippen LogP contribution in [0.2, 0.25) is 0 Å². The third-order valence-corrected chi connectivity index (χ3v) is 10.0. The molecule has 1 aliphatic rings. The van der Waals surface area contributed by atoms with Crippen LogP contribution in [-0.2, 0) is 17.6 Å². The van der Waals surface area contributed by atoms with E-state index in [1.54, 1.807) is 12.1 Å². The van der Waals surface area contributed by atoms with E-state index in [-0.39, 0.29) is 17.4 Å². The molecule has 5 aromatic rings. The molecule has 10 nitrogen and oxygen atoms in total. The summed E-state index contributed by atoms with van der Waals surface area (Å²) in [4.78, 5) is 27.3. The number of pyridine rings is 1. The molecule has 1 atom stereocenters. The van der Waals surface area contributed by atoms with Gasteiger partial charge in [-0.3, -0.25) is 10.1 Å². The molecule has 0 aliphatic heterocycles. The molecule has 0 bridgehead atoms. The van der Waals surface area contributed by atoms with Crippen LogP contribution in [0.5, 0.6) is 11.5 Å². The Kier molecular flexibility index (Phi) is 13.2. The van der Waals surface area contributed by atoms with E-state index in [2.05, 4.69) is 51.3 Å². The molecule has 53 heavy (non-hydrogen) atoms. The Hall–Kier alpha value is -5.16. The van der Waals surface area contributed by atoms with E-state index < -0.39 is 12.2 Å². The molecule has 6 N–H and O–H groups in total. The third-order valence-electron chi connectivity index (χ3n) is 10.0. The Labute approximate surface area is 310 Å². The number of H-pyrrole nitrogens is 1. The Morgan fingerprint density at radius 3 is 2.43 bits per heavy atom. The number of phenolic OH excluding ortho intramolecular Hbond substituents is 1. The van der Waals surface area contributed by atoms with Gasteiger partial charge in [-0.15, -0.1) is 0 Å². The minimum absolute atomic E-state index is 0.0276. The van der Waals surface area contributed by atoms with Gasteiger partial charge in [-0.2, -0.15) is 0 Å². The van der Waals surface area contributed by atoms with Gasteiger partial charge in [0.1, 0.15) is 17.6 Å². The number of unbranched alkanes of at least 4 members (excludes halogenated alkanes) is 1. The molecule has 278 valence electrons. The molecule has 1 saturated carbocycles. The van der Waals surface area contributed by atoms with Crippen LogP contribution in [0.1, 0.15) is 61.3 Å². The van der Waals surface area contributed by atoms with Crippen molar-refractivity contribution < 1.29 is 24.5 Å². The lowest BCUT2D eigenvalue weighted by Gasteiger charge is -2.28. The molecule has 1 aromatic heterocycles. The summed E-state index contributed by atoms with van der Waals surface area (Å²) in [5.41, 5.74) is 5.72. The zero-order valence-corrected chi connectivity index (χ0v) is 30.3. The van der Waals surface area contributed by atoms with Crippen LogP contribution in [0.4, 0.5) is 10.5 Å². The van der Waals surface area contributed by atoms with Gasteiger partial charge in [-0.1, -0.05) is 60.7 Å². The first kappa shape index (κ1) is 37.6. The van der Waals surface area contributed by atoms with Crippen LogP contribution in [0.25, 0.3) is 22.0 Å². The number of aryl methyl sites for hydroxylation is 1. The smallest absolute Gasteiger partial charge is 0.411 e.